The van der Waals surface area contributed by atoms with Gasteiger partial charge in [-0.15, -0.1) is 0 Å². The number of ether oxygens (including phenoxy) is 3. The quantitative estimate of drug-likeness (QED) is 0.0790. The fraction of sp³-hybridized carbons (Fsp3) is 0.364. The zero-order chi connectivity index (χ0) is 28.5. The van der Waals surface area contributed by atoms with Crippen LogP contribution < -0.4 is 9.47 Å². The molecule has 7 heteroatoms. The maximum Gasteiger partial charge on any atom is 0.343 e. The Morgan fingerprint density at radius 1 is 1.02 bits per heavy atom. The number of halogens is 1. The van der Waals surface area contributed by atoms with Gasteiger partial charge in [0, 0.05) is 29.7 Å². The zero-order valence-electron chi connectivity index (χ0n) is 22.9. The van der Waals surface area contributed by atoms with E-state index in [2.05, 4.69) is 25.6 Å². The van der Waals surface area contributed by atoms with Gasteiger partial charge in [-0.2, -0.15) is 0 Å². The molecule has 0 bridgehead atoms. The predicted molar refractivity (Wildman–Crippen MR) is 159 cm³/mol. The van der Waals surface area contributed by atoms with E-state index in [9.17, 15) is 9.59 Å². The van der Waals surface area contributed by atoms with E-state index in [1.165, 1.54) is 44.1 Å². The molecule has 1 aliphatic carbocycles. The Labute approximate surface area is 240 Å². The molecule has 3 aromatic carbocycles. The number of esters is 2. The molecule has 3 aromatic rings. The molecule has 210 valence electrons. The van der Waals surface area contributed by atoms with Crippen LogP contribution in [0.2, 0.25) is 5.02 Å². The lowest BCUT2D eigenvalue weighted by Gasteiger charge is -2.28. The third kappa shape index (κ3) is 7.30. The summed E-state index contributed by atoms with van der Waals surface area (Å²) in [6.07, 6.45) is 10.3. The smallest absolute Gasteiger partial charge is 0.343 e. The molecule has 0 unspecified atom stereocenters. The van der Waals surface area contributed by atoms with E-state index in [1.807, 2.05) is 12.1 Å². The summed E-state index contributed by atoms with van der Waals surface area (Å²) in [5.41, 5.74) is 2.05. The van der Waals surface area contributed by atoms with Crippen molar-refractivity contribution in [1.29, 1.82) is 5.41 Å². The van der Waals surface area contributed by atoms with Gasteiger partial charge < -0.3 is 19.6 Å². The molecule has 0 aliphatic heterocycles. The van der Waals surface area contributed by atoms with Crippen LogP contribution in [0.3, 0.4) is 0 Å². The number of benzene rings is 3. The van der Waals surface area contributed by atoms with Crippen LogP contribution >= 0.6 is 11.6 Å². The summed E-state index contributed by atoms with van der Waals surface area (Å²) in [4.78, 5) is 24.1. The molecule has 0 amide bonds. The Bertz CT molecular complexity index is 1380. The van der Waals surface area contributed by atoms with Crippen molar-refractivity contribution in [3.63, 3.8) is 0 Å². The van der Waals surface area contributed by atoms with E-state index in [0.717, 1.165) is 29.0 Å². The zero-order valence-corrected chi connectivity index (χ0v) is 23.7. The van der Waals surface area contributed by atoms with Crippen molar-refractivity contribution < 1.29 is 23.8 Å². The molecule has 6 nitrogen and oxygen atoms in total. The molecule has 0 atom stereocenters. The highest BCUT2D eigenvalue weighted by Crippen LogP contribution is 2.40. The first-order valence-electron chi connectivity index (χ1n) is 13.9. The minimum absolute atomic E-state index is 0.197. The highest BCUT2D eigenvalue weighted by atomic mass is 35.5. The number of nitrogens with one attached hydrogen (secondary N) is 1. The van der Waals surface area contributed by atoms with E-state index in [1.54, 1.807) is 24.3 Å². The first-order chi connectivity index (χ1) is 19.4. The van der Waals surface area contributed by atoms with E-state index in [0.29, 0.717) is 28.7 Å². The van der Waals surface area contributed by atoms with Gasteiger partial charge in [-0.05, 0) is 72.7 Å². The summed E-state index contributed by atoms with van der Waals surface area (Å²) in [6, 6.07) is 14.8. The monoisotopic (exact) mass is 561 g/mol. The molecule has 1 saturated carbocycles. The minimum atomic E-state index is -0.576. The van der Waals surface area contributed by atoms with Gasteiger partial charge in [-0.3, -0.25) is 0 Å². The van der Waals surface area contributed by atoms with Crippen molar-refractivity contribution in [2.75, 3.05) is 13.2 Å². The van der Waals surface area contributed by atoms with Crippen LogP contribution in [0.5, 0.6) is 11.5 Å². The number of carbonyl (C=O) groups excluding carboxylic acids is 2. The maximum absolute atomic E-state index is 13.0. The van der Waals surface area contributed by atoms with Crippen molar-refractivity contribution in [3.8, 4) is 11.5 Å². The predicted octanol–water partition coefficient (Wildman–Crippen LogP) is 8.28. The van der Waals surface area contributed by atoms with E-state index in [4.69, 9.17) is 31.2 Å². The van der Waals surface area contributed by atoms with Crippen LogP contribution in [-0.4, -0.2) is 31.4 Å². The number of rotatable bonds is 12. The van der Waals surface area contributed by atoms with Crippen LogP contribution in [0.1, 0.15) is 79.3 Å². The second-order valence-corrected chi connectivity index (χ2v) is 10.6. The summed E-state index contributed by atoms with van der Waals surface area (Å²) in [5.74, 6) is 1.12. The van der Waals surface area contributed by atoms with Crippen molar-refractivity contribution >= 4 is 40.5 Å². The highest BCUT2D eigenvalue weighted by molar-refractivity contribution is 6.37. The average Bonchev–Trinajstić information content (AvgIpc) is 2.98. The summed E-state index contributed by atoms with van der Waals surface area (Å²) in [5, 5.41) is 10.0. The molecule has 0 radical (unpaired) electrons. The Balaban J connectivity index is 1.40. The lowest BCUT2D eigenvalue weighted by atomic mass is 9.77. The van der Waals surface area contributed by atoms with Crippen molar-refractivity contribution in [1.82, 2.24) is 0 Å². The lowest BCUT2D eigenvalue weighted by molar-refractivity contribution is -0.137. The van der Waals surface area contributed by atoms with Crippen molar-refractivity contribution in [3.05, 3.63) is 82.9 Å². The number of carbonyl (C=O) groups is 2. The summed E-state index contributed by atoms with van der Waals surface area (Å²) >= 11 is 6.69. The van der Waals surface area contributed by atoms with Gasteiger partial charge in [0.2, 0.25) is 0 Å². The Morgan fingerprint density at radius 3 is 2.52 bits per heavy atom. The minimum Gasteiger partial charge on any atom is -0.493 e. The van der Waals surface area contributed by atoms with Crippen LogP contribution in [0.15, 0.2) is 61.2 Å². The third-order valence-electron chi connectivity index (χ3n) is 7.52. The fourth-order valence-corrected chi connectivity index (χ4v) is 5.64. The highest BCUT2D eigenvalue weighted by Gasteiger charge is 2.22. The Hall–Kier alpha value is -3.64. The first-order valence-corrected chi connectivity index (χ1v) is 14.3. The van der Waals surface area contributed by atoms with Gasteiger partial charge in [0.05, 0.1) is 23.8 Å². The van der Waals surface area contributed by atoms with Gasteiger partial charge in [-0.25, -0.2) is 9.59 Å². The summed E-state index contributed by atoms with van der Waals surface area (Å²) < 4.78 is 16.3. The number of fused-ring (bicyclic) bond motifs is 1. The Morgan fingerprint density at radius 2 is 1.80 bits per heavy atom. The van der Waals surface area contributed by atoms with Crippen LogP contribution in [0, 0.1) is 11.3 Å². The SMILES string of the molecule is C=CC(=O)OCCCOc1ccc(C(=O)Oc2ccc3cc(C4CCC(CCC)CC4)ccc3c2Cl)cc1C=N. The van der Waals surface area contributed by atoms with E-state index >= 15 is 0 Å². The van der Waals surface area contributed by atoms with Crippen LogP contribution in [0.25, 0.3) is 10.8 Å². The molecule has 0 aromatic heterocycles. The second kappa shape index (κ2) is 14.1. The first kappa shape index (κ1) is 29.3. The van der Waals surface area contributed by atoms with Crippen LogP contribution in [-0.2, 0) is 9.53 Å². The molecule has 40 heavy (non-hydrogen) atoms. The number of hydrogen-bond donors (Lipinski definition) is 1. The normalized spacial score (nSPS) is 16.8. The molecule has 1 N–H and O–H groups in total. The number of hydrogen-bond acceptors (Lipinski definition) is 6. The molecule has 1 fully saturated rings. The average molecular weight is 562 g/mol. The molecular formula is C33H36ClNO5. The van der Waals surface area contributed by atoms with Gasteiger partial charge >= 0.3 is 11.9 Å². The van der Waals surface area contributed by atoms with E-state index < -0.39 is 11.9 Å². The van der Waals surface area contributed by atoms with E-state index in [-0.39, 0.29) is 24.5 Å². The Kier molecular flexibility index (Phi) is 10.4. The largest absolute Gasteiger partial charge is 0.493 e. The lowest BCUT2D eigenvalue weighted by Crippen LogP contribution is -2.13. The van der Waals surface area contributed by atoms with Crippen LogP contribution in [0.4, 0.5) is 0 Å². The van der Waals surface area contributed by atoms with Gasteiger partial charge in [0.1, 0.15) is 11.5 Å². The fourth-order valence-electron chi connectivity index (χ4n) is 5.37. The van der Waals surface area contributed by atoms with Crippen molar-refractivity contribution in [2.45, 2.75) is 57.8 Å². The van der Waals surface area contributed by atoms with Gasteiger partial charge in [0.15, 0.2) is 0 Å². The third-order valence-corrected chi connectivity index (χ3v) is 7.91. The maximum atomic E-state index is 13.0. The van der Waals surface area contributed by atoms with Gasteiger partial charge in [-0.1, -0.05) is 62.2 Å². The molecule has 4 rings (SSSR count). The van der Waals surface area contributed by atoms with Gasteiger partial charge in [0.25, 0.3) is 0 Å². The summed E-state index contributed by atoms with van der Waals surface area (Å²) in [6.45, 7) is 6.09. The molecule has 1 aliphatic rings. The topological polar surface area (TPSA) is 85.7 Å². The van der Waals surface area contributed by atoms with Crippen molar-refractivity contribution in [2.24, 2.45) is 5.92 Å². The summed E-state index contributed by atoms with van der Waals surface area (Å²) in [7, 11) is 0. The standard InChI is InChI=1S/C33H36ClNO5/c1-3-6-22-7-9-23(10-8-22)24-11-14-28-25(19-24)12-16-30(32(28)34)40-33(37)26-13-15-29(27(20-26)21-35)38-17-5-18-39-31(36)4-2/h4,11-16,19-23,35H,2-3,5-10,17-18H2,1H3. The molecule has 0 saturated heterocycles. The second-order valence-electron chi connectivity index (χ2n) is 10.2. The molecular weight excluding hydrogens is 526 g/mol. The molecule has 0 spiro atoms. The molecule has 0 heterocycles.